The Hall–Kier alpha value is -3.21. The SMILES string of the molecule is Cc1ccc(S(=O)(=O)N(C)c2ccc(C(=O)Nc3ccc(S(=O)(=O)N4CCCC4)cc3)cc2)cc1. The van der Waals surface area contributed by atoms with Gasteiger partial charge in [0.25, 0.3) is 15.9 Å². The number of benzene rings is 3. The summed E-state index contributed by atoms with van der Waals surface area (Å²) in [6.07, 6.45) is 1.72. The first-order chi connectivity index (χ1) is 16.6. The molecule has 1 amide bonds. The summed E-state index contributed by atoms with van der Waals surface area (Å²) in [7, 11) is -5.79. The van der Waals surface area contributed by atoms with Crippen molar-refractivity contribution in [1.82, 2.24) is 4.31 Å². The van der Waals surface area contributed by atoms with E-state index >= 15 is 0 Å². The van der Waals surface area contributed by atoms with Gasteiger partial charge in [-0.15, -0.1) is 0 Å². The minimum absolute atomic E-state index is 0.183. The van der Waals surface area contributed by atoms with Crippen LogP contribution in [0.15, 0.2) is 82.6 Å². The van der Waals surface area contributed by atoms with Gasteiger partial charge >= 0.3 is 0 Å². The summed E-state index contributed by atoms with van der Waals surface area (Å²) in [5.74, 6) is -0.393. The van der Waals surface area contributed by atoms with Crippen LogP contribution >= 0.6 is 0 Å². The highest BCUT2D eigenvalue weighted by Crippen LogP contribution is 2.24. The number of sulfonamides is 2. The fraction of sp³-hybridized carbons (Fsp3) is 0.240. The lowest BCUT2D eigenvalue weighted by Crippen LogP contribution is -2.27. The lowest BCUT2D eigenvalue weighted by atomic mass is 10.2. The summed E-state index contributed by atoms with van der Waals surface area (Å²) in [6.45, 7) is 2.94. The number of anilines is 2. The second kappa shape index (κ2) is 9.80. The number of nitrogens with zero attached hydrogens (tertiary/aromatic N) is 2. The molecule has 184 valence electrons. The Morgan fingerprint density at radius 2 is 1.34 bits per heavy atom. The number of amides is 1. The number of rotatable bonds is 7. The monoisotopic (exact) mass is 513 g/mol. The largest absolute Gasteiger partial charge is 0.322 e. The highest BCUT2D eigenvalue weighted by atomic mass is 32.2. The van der Waals surface area contributed by atoms with Crippen LogP contribution in [0, 0.1) is 6.92 Å². The van der Waals surface area contributed by atoms with Crippen molar-refractivity contribution in [3.05, 3.63) is 83.9 Å². The van der Waals surface area contributed by atoms with Gasteiger partial charge in [-0.2, -0.15) is 4.31 Å². The third-order valence-electron chi connectivity index (χ3n) is 5.99. The van der Waals surface area contributed by atoms with Crippen molar-refractivity contribution in [3.63, 3.8) is 0 Å². The molecule has 8 nitrogen and oxygen atoms in total. The van der Waals surface area contributed by atoms with Crippen LogP contribution in [0.1, 0.15) is 28.8 Å². The molecule has 1 aliphatic heterocycles. The maximum atomic E-state index is 12.9. The number of carbonyl (C=O) groups excluding carboxylic acids is 1. The first-order valence-electron chi connectivity index (χ1n) is 11.2. The second-order valence-electron chi connectivity index (χ2n) is 8.42. The molecule has 0 unspecified atom stereocenters. The van der Waals surface area contributed by atoms with Gasteiger partial charge in [-0.05, 0) is 80.4 Å². The predicted molar refractivity (Wildman–Crippen MR) is 136 cm³/mol. The first kappa shape index (κ1) is 24.9. The number of hydrogen-bond donors (Lipinski definition) is 1. The summed E-state index contributed by atoms with van der Waals surface area (Å²) in [6, 6.07) is 18.9. The molecular formula is C25H27N3O5S2. The van der Waals surface area contributed by atoms with Crippen LogP contribution in [0.25, 0.3) is 0 Å². The fourth-order valence-electron chi connectivity index (χ4n) is 3.82. The van der Waals surface area contributed by atoms with Crippen LogP contribution in [0.3, 0.4) is 0 Å². The molecule has 3 aromatic rings. The van der Waals surface area contributed by atoms with Crippen LogP contribution in [0.2, 0.25) is 0 Å². The molecule has 1 fully saturated rings. The van der Waals surface area contributed by atoms with Crippen molar-refractivity contribution in [1.29, 1.82) is 0 Å². The highest BCUT2D eigenvalue weighted by molar-refractivity contribution is 7.92. The minimum atomic E-state index is -3.73. The van der Waals surface area contributed by atoms with Gasteiger partial charge in [0.05, 0.1) is 15.5 Å². The van der Waals surface area contributed by atoms with E-state index in [1.807, 2.05) is 6.92 Å². The van der Waals surface area contributed by atoms with Gasteiger partial charge in [0, 0.05) is 31.4 Å². The van der Waals surface area contributed by atoms with Crippen molar-refractivity contribution in [2.75, 3.05) is 29.8 Å². The fourth-order valence-corrected chi connectivity index (χ4v) is 6.53. The lowest BCUT2D eigenvalue weighted by Gasteiger charge is -2.20. The third-order valence-corrected chi connectivity index (χ3v) is 9.70. The lowest BCUT2D eigenvalue weighted by molar-refractivity contribution is 0.102. The summed E-state index contributed by atoms with van der Waals surface area (Å²) in [5.41, 5.74) is 2.17. The maximum absolute atomic E-state index is 12.9. The molecule has 0 saturated carbocycles. The molecule has 0 atom stereocenters. The van der Waals surface area contributed by atoms with Gasteiger partial charge in [-0.3, -0.25) is 9.10 Å². The maximum Gasteiger partial charge on any atom is 0.264 e. The van der Waals surface area contributed by atoms with E-state index in [0.29, 0.717) is 30.0 Å². The molecule has 3 aromatic carbocycles. The van der Waals surface area contributed by atoms with Crippen molar-refractivity contribution in [2.45, 2.75) is 29.6 Å². The van der Waals surface area contributed by atoms with Gasteiger partial charge in [-0.1, -0.05) is 17.7 Å². The molecule has 4 rings (SSSR count). The van der Waals surface area contributed by atoms with Gasteiger partial charge < -0.3 is 5.32 Å². The van der Waals surface area contributed by atoms with Gasteiger partial charge in [0.2, 0.25) is 10.0 Å². The molecule has 1 N–H and O–H groups in total. The van der Waals surface area contributed by atoms with Crippen LogP contribution in [-0.2, 0) is 20.0 Å². The molecule has 0 aromatic heterocycles. The third kappa shape index (κ3) is 5.24. The Kier molecular flexibility index (Phi) is 6.98. The summed E-state index contributed by atoms with van der Waals surface area (Å²) in [5, 5.41) is 2.74. The molecule has 1 saturated heterocycles. The first-order valence-corrected chi connectivity index (χ1v) is 14.0. The average molecular weight is 514 g/mol. The Balaban J connectivity index is 1.44. The summed E-state index contributed by atoms with van der Waals surface area (Å²) < 4.78 is 53.7. The van der Waals surface area contributed by atoms with E-state index in [1.165, 1.54) is 39.9 Å². The molecule has 1 heterocycles. The van der Waals surface area contributed by atoms with E-state index in [2.05, 4.69) is 5.32 Å². The zero-order chi connectivity index (χ0) is 25.2. The van der Waals surface area contributed by atoms with Crippen molar-refractivity contribution < 1.29 is 21.6 Å². The Morgan fingerprint density at radius 1 is 0.800 bits per heavy atom. The average Bonchev–Trinajstić information content (AvgIpc) is 3.40. The van der Waals surface area contributed by atoms with E-state index in [1.54, 1.807) is 48.5 Å². The topological polar surface area (TPSA) is 104 Å². The van der Waals surface area contributed by atoms with Crippen LogP contribution in [-0.4, -0.2) is 47.2 Å². The number of hydrogen-bond acceptors (Lipinski definition) is 5. The summed E-state index contributed by atoms with van der Waals surface area (Å²) in [4.78, 5) is 13.0. The zero-order valence-corrected chi connectivity index (χ0v) is 21.1. The molecule has 0 spiro atoms. The smallest absolute Gasteiger partial charge is 0.264 e. The molecule has 1 aliphatic rings. The van der Waals surface area contributed by atoms with Crippen molar-refractivity contribution in [3.8, 4) is 0 Å². The molecule has 35 heavy (non-hydrogen) atoms. The number of aryl methyl sites for hydroxylation is 1. The van der Waals surface area contributed by atoms with E-state index < -0.39 is 26.0 Å². The van der Waals surface area contributed by atoms with Crippen LogP contribution in [0.4, 0.5) is 11.4 Å². The van der Waals surface area contributed by atoms with E-state index in [0.717, 1.165) is 18.4 Å². The van der Waals surface area contributed by atoms with Gasteiger partial charge in [-0.25, -0.2) is 16.8 Å². The van der Waals surface area contributed by atoms with Gasteiger partial charge in [0.1, 0.15) is 0 Å². The van der Waals surface area contributed by atoms with Gasteiger partial charge in [0.15, 0.2) is 0 Å². The number of carbonyl (C=O) groups is 1. The minimum Gasteiger partial charge on any atom is -0.322 e. The van der Waals surface area contributed by atoms with Crippen molar-refractivity contribution >= 4 is 37.3 Å². The van der Waals surface area contributed by atoms with Crippen LogP contribution in [0.5, 0.6) is 0 Å². The Labute approximate surface area is 206 Å². The van der Waals surface area contributed by atoms with Crippen LogP contribution < -0.4 is 9.62 Å². The predicted octanol–water partition coefficient (Wildman–Crippen LogP) is 3.86. The van der Waals surface area contributed by atoms with E-state index in [9.17, 15) is 21.6 Å². The normalized spacial score (nSPS) is 14.6. The molecule has 0 aliphatic carbocycles. The Bertz CT molecular complexity index is 1410. The standard InChI is InChI=1S/C25H27N3O5S2/c1-19-5-13-23(14-6-19)34(30,31)27(2)22-11-7-20(8-12-22)25(29)26-21-9-15-24(16-10-21)35(32,33)28-17-3-4-18-28/h5-16H,3-4,17-18H2,1-2H3,(H,26,29). The molecule has 0 bridgehead atoms. The van der Waals surface area contributed by atoms with Crippen molar-refractivity contribution in [2.24, 2.45) is 0 Å². The Morgan fingerprint density at radius 3 is 1.91 bits per heavy atom. The second-order valence-corrected chi connectivity index (χ2v) is 12.3. The quantitative estimate of drug-likeness (QED) is 0.517. The van der Waals surface area contributed by atoms with E-state index in [4.69, 9.17) is 0 Å². The number of nitrogens with one attached hydrogen (secondary N) is 1. The molecular weight excluding hydrogens is 486 g/mol. The van der Waals surface area contributed by atoms with E-state index in [-0.39, 0.29) is 9.79 Å². The molecule has 0 radical (unpaired) electrons. The highest BCUT2D eigenvalue weighted by Gasteiger charge is 2.27. The zero-order valence-electron chi connectivity index (χ0n) is 19.5. The molecule has 10 heteroatoms. The summed E-state index contributed by atoms with van der Waals surface area (Å²) >= 11 is 0.